The lowest BCUT2D eigenvalue weighted by atomic mass is 9.97. The predicted molar refractivity (Wildman–Crippen MR) is 259 cm³/mol. The third kappa shape index (κ3) is 5.24. The highest BCUT2D eigenvalue weighted by atomic mass is 32.2. The number of nitrogens with one attached hydrogen (secondary N) is 1. The molecule has 4 heterocycles. The zero-order valence-electron chi connectivity index (χ0n) is 33.0. The number of nitrogens with zero attached hydrogens (tertiary/aromatic N) is 3. The molecule has 1 unspecified atom stereocenters. The minimum Gasteiger partial charge on any atom is -0.344 e. The monoisotopic (exact) mass is 796 g/mol. The number of hydrogen-bond donors (Lipinski definition) is 1. The molecule has 0 saturated heterocycles. The molecule has 0 saturated carbocycles. The summed E-state index contributed by atoms with van der Waals surface area (Å²) < 4.78 is 4.77. The van der Waals surface area contributed by atoms with E-state index < -0.39 is 0 Å². The van der Waals surface area contributed by atoms with Gasteiger partial charge in [-0.1, -0.05) is 163 Å². The molecule has 0 fully saturated rings. The molecule has 13 rings (SSSR count). The summed E-state index contributed by atoms with van der Waals surface area (Å²) in [6, 6.07) is 72.6. The van der Waals surface area contributed by atoms with Crippen LogP contribution in [0.2, 0.25) is 0 Å². The number of fused-ring (bicyclic) bond motifs is 11. The Morgan fingerprint density at radius 3 is 1.56 bits per heavy atom. The highest BCUT2D eigenvalue weighted by Gasteiger charge is 2.35. The fourth-order valence-electron chi connectivity index (χ4n) is 9.87. The van der Waals surface area contributed by atoms with Crippen LogP contribution >= 0.6 is 11.8 Å². The summed E-state index contributed by atoms with van der Waals surface area (Å²) in [4.78, 5) is 6.75. The second-order valence-electron chi connectivity index (χ2n) is 16.0. The Hall–Kier alpha value is -7.60. The molecule has 0 spiro atoms. The van der Waals surface area contributed by atoms with Crippen molar-refractivity contribution in [3.63, 3.8) is 0 Å². The summed E-state index contributed by atoms with van der Waals surface area (Å²) in [5.41, 5.74) is 12.7. The molecule has 4 nitrogen and oxygen atoms in total. The van der Waals surface area contributed by atoms with Crippen molar-refractivity contribution in [3.05, 3.63) is 222 Å². The standard InChI is InChI=1S/C56H36N4S/c1-4-14-35(15-5-1)46-34-61-55-53(38-18-6-2-7-19-38)57-56(58-54(46)55)60-48-29-27-40(33-45(48)52-43-23-13-11-17-37(43)25-31-50(52)60)39-26-28-47-44(32-39)51-42-22-12-10-16-36(42)24-30-49(51)59(47)41-20-8-3-9-21-41/h1-34,54H,(H,57,58). The first-order chi connectivity index (χ1) is 30.3. The van der Waals surface area contributed by atoms with E-state index in [2.05, 4.69) is 220 Å². The molecule has 1 N–H and O–H groups in total. The van der Waals surface area contributed by atoms with Crippen LogP contribution < -0.4 is 5.32 Å². The lowest BCUT2D eigenvalue weighted by Crippen LogP contribution is -2.41. The van der Waals surface area contributed by atoms with E-state index in [9.17, 15) is 0 Å². The van der Waals surface area contributed by atoms with E-state index in [0.717, 1.165) is 33.9 Å². The van der Waals surface area contributed by atoms with Crippen molar-refractivity contribution in [1.82, 2.24) is 14.5 Å². The molecular formula is C56H36N4S. The molecule has 0 aliphatic carbocycles. The van der Waals surface area contributed by atoms with Crippen LogP contribution in [0.5, 0.6) is 0 Å². The summed E-state index contributed by atoms with van der Waals surface area (Å²) in [6.45, 7) is 0. The van der Waals surface area contributed by atoms with Gasteiger partial charge in [-0.2, -0.15) is 0 Å². The Kier molecular flexibility index (Phi) is 7.57. The molecule has 0 radical (unpaired) electrons. The maximum Gasteiger partial charge on any atom is 0.209 e. The molecule has 11 aromatic rings. The molecule has 1 atom stereocenters. The fourth-order valence-corrected chi connectivity index (χ4v) is 11.0. The number of thioether (sulfide) groups is 1. The van der Waals surface area contributed by atoms with Crippen molar-refractivity contribution in [2.45, 2.75) is 6.04 Å². The van der Waals surface area contributed by atoms with Crippen molar-refractivity contribution < 1.29 is 0 Å². The third-order valence-electron chi connectivity index (χ3n) is 12.6. The van der Waals surface area contributed by atoms with E-state index in [4.69, 9.17) is 4.99 Å². The Morgan fingerprint density at radius 2 is 0.934 bits per heavy atom. The molecule has 9 aromatic carbocycles. The van der Waals surface area contributed by atoms with Gasteiger partial charge in [-0.15, -0.1) is 0 Å². The topological polar surface area (TPSA) is 34.2 Å². The Morgan fingerprint density at radius 1 is 0.426 bits per heavy atom. The van der Waals surface area contributed by atoms with Crippen LogP contribution in [0.25, 0.3) is 93.2 Å². The second-order valence-corrected chi connectivity index (χ2v) is 16.9. The molecule has 286 valence electrons. The van der Waals surface area contributed by atoms with Crippen LogP contribution in [0.4, 0.5) is 0 Å². The van der Waals surface area contributed by atoms with Gasteiger partial charge in [0.05, 0.1) is 33.8 Å². The summed E-state index contributed by atoms with van der Waals surface area (Å²) in [6.07, 6.45) is 0. The van der Waals surface area contributed by atoms with Crippen LogP contribution in [0.15, 0.2) is 215 Å². The second kappa shape index (κ2) is 13.5. The van der Waals surface area contributed by atoms with Crippen molar-refractivity contribution in [3.8, 4) is 16.8 Å². The van der Waals surface area contributed by atoms with Gasteiger partial charge in [0, 0.05) is 37.7 Å². The SMILES string of the molecule is C1=C(c2ccccc2)C2NC(n3c4ccc(-c5ccc6c(c5)c5c7ccccc7ccc5n6-c5ccccc5)cc4c4c5ccccc5ccc43)=NC(c3ccccc3)=C2S1. The molecule has 2 aliphatic heterocycles. The minimum atomic E-state index is -0.0387. The molecule has 0 bridgehead atoms. The number of aliphatic imine (C=N–C) groups is 1. The normalized spacial score (nSPS) is 15.2. The van der Waals surface area contributed by atoms with E-state index in [1.807, 2.05) is 0 Å². The van der Waals surface area contributed by atoms with Gasteiger partial charge in [0.1, 0.15) is 0 Å². The van der Waals surface area contributed by atoms with Gasteiger partial charge in [-0.25, -0.2) is 4.99 Å². The van der Waals surface area contributed by atoms with Gasteiger partial charge in [0.2, 0.25) is 5.96 Å². The molecule has 61 heavy (non-hydrogen) atoms. The van der Waals surface area contributed by atoms with Crippen LogP contribution in [0, 0.1) is 0 Å². The lowest BCUT2D eigenvalue weighted by Gasteiger charge is -2.28. The number of rotatable bonds is 4. The van der Waals surface area contributed by atoms with Crippen LogP contribution in [-0.2, 0) is 0 Å². The maximum absolute atomic E-state index is 5.53. The smallest absolute Gasteiger partial charge is 0.209 e. The largest absolute Gasteiger partial charge is 0.344 e. The quantitative estimate of drug-likeness (QED) is 0.192. The van der Waals surface area contributed by atoms with E-state index >= 15 is 0 Å². The zero-order valence-corrected chi connectivity index (χ0v) is 33.8. The van der Waals surface area contributed by atoms with E-state index in [0.29, 0.717) is 0 Å². The molecule has 0 amide bonds. The molecule has 5 heteroatoms. The first kappa shape index (κ1) is 34.3. The van der Waals surface area contributed by atoms with Gasteiger partial charge in [-0.3, -0.25) is 4.57 Å². The molecule has 2 aliphatic rings. The van der Waals surface area contributed by atoms with Gasteiger partial charge < -0.3 is 9.88 Å². The summed E-state index contributed by atoms with van der Waals surface area (Å²) in [5.74, 6) is 0.821. The van der Waals surface area contributed by atoms with Crippen molar-refractivity contribution in [1.29, 1.82) is 0 Å². The number of para-hydroxylation sites is 1. The van der Waals surface area contributed by atoms with Crippen LogP contribution in [0.3, 0.4) is 0 Å². The minimum absolute atomic E-state index is 0.0387. The first-order valence-electron chi connectivity index (χ1n) is 20.8. The number of benzene rings is 9. The number of hydrogen-bond acceptors (Lipinski definition) is 3. The maximum atomic E-state index is 5.53. The summed E-state index contributed by atoms with van der Waals surface area (Å²) in [5, 5.41) is 16.2. The predicted octanol–water partition coefficient (Wildman–Crippen LogP) is 14.2. The summed E-state index contributed by atoms with van der Waals surface area (Å²) >= 11 is 1.78. The highest BCUT2D eigenvalue weighted by Crippen LogP contribution is 2.47. The van der Waals surface area contributed by atoms with Crippen molar-refractivity contribution in [2.24, 2.45) is 4.99 Å². The van der Waals surface area contributed by atoms with E-state index in [1.54, 1.807) is 11.8 Å². The van der Waals surface area contributed by atoms with Gasteiger partial charge in [-0.05, 0) is 97.7 Å². The lowest BCUT2D eigenvalue weighted by molar-refractivity contribution is 0.848. The average Bonchev–Trinajstić information content (AvgIpc) is 4.02. The fraction of sp³-hybridized carbons (Fsp3) is 0.0179. The van der Waals surface area contributed by atoms with Crippen LogP contribution in [-0.4, -0.2) is 21.1 Å². The van der Waals surface area contributed by atoms with Crippen molar-refractivity contribution >= 4 is 94.1 Å². The summed E-state index contributed by atoms with van der Waals surface area (Å²) in [7, 11) is 0. The van der Waals surface area contributed by atoms with Gasteiger partial charge in [0.15, 0.2) is 0 Å². The zero-order chi connectivity index (χ0) is 40.0. The Bertz CT molecular complexity index is 3690. The molecule has 2 aromatic heterocycles. The average molecular weight is 797 g/mol. The third-order valence-corrected chi connectivity index (χ3v) is 13.7. The van der Waals surface area contributed by atoms with E-state index in [1.165, 1.54) is 81.3 Å². The Balaban J connectivity index is 1.04. The Labute approximate surface area is 356 Å². The van der Waals surface area contributed by atoms with E-state index in [-0.39, 0.29) is 6.04 Å². The number of aromatic nitrogens is 2. The highest BCUT2D eigenvalue weighted by molar-refractivity contribution is 8.06. The van der Waals surface area contributed by atoms with Gasteiger partial charge >= 0.3 is 0 Å². The first-order valence-corrected chi connectivity index (χ1v) is 21.7. The molecular weight excluding hydrogens is 761 g/mol. The van der Waals surface area contributed by atoms with Crippen LogP contribution in [0.1, 0.15) is 11.1 Å². The van der Waals surface area contributed by atoms with Crippen molar-refractivity contribution in [2.75, 3.05) is 0 Å². The van der Waals surface area contributed by atoms with Gasteiger partial charge in [0.25, 0.3) is 0 Å².